The molecule has 0 fully saturated rings. The molecule has 0 aromatic heterocycles. The lowest BCUT2D eigenvalue weighted by atomic mass is 10.2. The van der Waals surface area contributed by atoms with Crippen molar-refractivity contribution in [1.29, 1.82) is 0 Å². The van der Waals surface area contributed by atoms with Gasteiger partial charge >= 0.3 is 0 Å². The number of rotatable bonds is 7. The van der Waals surface area contributed by atoms with Crippen LogP contribution in [0.4, 0.5) is 14.5 Å². The third-order valence-electron chi connectivity index (χ3n) is 4.11. The second-order valence-electron chi connectivity index (χ2n) is 6.24. The molecule has 0 heterocycles. The van der Waals surface area contributed by atoms with Crippen molar-refractivity contribution >= 4 is 21.6 Å². The average Bonchev–Trinajstić information content (AvgIpc) is 2.71. The number of benzene rings is 3. The van der Waals surface area contributed by atoms with Crippen LogP contribution < -0.4 is 5.32 Å². The zero-order chi connectivity index (χ0) is 20.9. The molecule has 5 nitrogen and oxygen atoms in total. The summed E-state index contributed by atoms with van der Waals surface area (Å²) >= 11 is 0. The Balaban J connectivity index is 1.85. The first kappa shape index (κ1) is 20.6. The molecule has 8 heteroatoms. The van der Waals surface area contributed by atoms with Gasteiger partial charge in [0.1, 0.15) is 11.6 Å². The maximum absolute atomic E-state index is 13.8. The number of nitrogens with one attached hydrogen (secondary N) is 1. The SMILES string of the molecule is O=C(CN(Cc1ccccc1)S(=O)(=O)c1ccccc1)Nc1ccc(F)cc1F. The van der Waals surface area contributed by atoms with E-state index in [1.54, 1.807) is 48.5 Å². The van der Waals surface area contributed by atoms with E-state index in [4.69, 9.17) is 0 Å². The van der Waals surface area contributed by atoms with Gasteiger partial charge in [-0.15, -0.1) is 0 Å². The maximum Gasteiger partial charge on any atom is 0.243 e. The van der Waals surface area contributed by atoms with Gasteiger partial charge in [0.2, 0.25) is 15.9 Å². The maximum atomic E-state index is 13.8. The number of hydrogen-bond acceptors (Lipinski definition) is 3. The molecule has 0 radical (unpaired) electrons. The van der Waals surface area contributed by atoms with Crippen molar-refractivity contribution in [2.24, 2.45) is 0 Å². The second kappa shape index (κ2) is 8.93. The molecular weight excluding hydrogens is 398 g/mol. The molecule has 29 heavy (non-hydrogen) atoms. The zero-order valence-corrected chi connectivity index (χ0v) is 16.1. The summed E-state index contributed by atoms with van der Waals surface area (Å²) in [7, 11) is -3.98. The summed E-state index contributed by atoms with van der Waals surface area (Å²) in [5.41, 5.74) is 0.459. The standard InChI is InChI=1S/C21H18F2N2O3S/c22-17-11-12-20(19(23)13-17)24-21(26)15-25(14-16-7-3-1-4-8-16)29(27,28)18-9-5-2-6-10-18/h1-13H,14-15H2,(H,24,26). The number of anilines is 1. The lowest BCUT2D eigenvalue weighted by Gasteiger charge is -2.22. The molecule has 0 aliphatic heterocycles. The molecule has 3 aromatic rings. The van der Waals surface area contributed by atoms with Gasteiger partial charge in [0.15, 0.2) is 0 Å². The highest BCUT2D eigenvalue weighted by Crippen LogP contribution is 2.19. The number of carbonyl (C=O) groups excluding carboxylic acids is 1. The van der Waals surface area contributed by atoms with E-state index in [0.29, 0.717) is 11.6 Å². The number of nitrogens with zero attached hydrogens (tertiary/aromatic N) is 1. The van der Waals surface area contributed by atoms with Gasteiger partial charge in [0.25, 0.3) is 0 Å². The summed E-state index contributed by atoms with van der Waals surface area (Å²) in [4.78, 5) is 12.5. The highest BCUT2D eigenvalue weighted by Gasteiger charge is 2.27. The van der Waals surface area contributed by atoms with Crippen LogP contribution in [0.5, 0.6) is 0 Å². The van der Waals surface area contributed by atoms with Crippen LogP contribution >= 0.6 is 0 Å². The van der Waals surface area contributed by atoms with E-state index in [1.165, 1.54) is 12.1 Å². The minimum absolute atomic E-state index is 0.0386. The van der Waals surface area contributed by atoms with E-state index >= 15 is 0 Å². The van der Waals surface area contributed by atoms with Crippen molar-refractivity contribution < 1.29 is 22.0 Å². The van der Waals surface area contributed by atoms with Crippen molar-refractivity contribution in [3.63, 3.8) is 0 Å². The largest absolute Gasteiger partial charge is 0.322 e. The summed E-state index contributed by atoms with van der Waals surface area (Å²) in [6.07, 6.45) is 0. The number of hydrogen-bond donors (Lipinski definition) is 1. The predicted octanol–water partition coefficient (Wildman–Crippen LogP) is 3.79. The predicted molar refractivity (Wildman–Crippen MR) is 105 cm³/mol. The van der Waals surface area contributed by atoms with Gasteiger partial charge in [0, 0.05) is 12.6 Å². The van der Waals surface area contributed by atoms with Crippen molar-refractivity contribution in [2.75, 3.05) is 11.9 Å². The Bertz CT molecular complexity index is 1090. The van der Waals surface area contributed by atoms with E-state index in [-0.39, 0.29) is 17.1 Å². The topological polar surface area (TPSA) is 66.5 Å². The molecule has 0 bridgehead atoms. The Hall–Kier alpha value is -3.10. The molecule has 0 atom stereocenters. The molecule has 0 aliphatic rings. The minimum atomic E-state index is -3.98. The average molecular weight is 416 g/mol. The van der Waals surface area contributed by atoms with Gasteiger partial charge in [-0.25, -0.2) is 17.2 Å². The monoisotopic (exact) mass is 416 g/mol. The first-order chi connectivity index (χ1) is 13.9. The van der Waals surface area contributed by atoms with Gasteiger partial charge in [-0.05, 0) is 29.8 Å². The van der Waals surface area contributed by atoms with Crippen LogP contribution in [0.25, 0.3) is 0 Å². The molecule has 0 unspecified atom stereocenters. The van der Waals surface area contributed by atoms with Crippen LogP contribution in [0.1, 0.15) is 5.56 Å². The Kier molecular flexibility index (Phi) is 6.36. The Morgan fingerprint density at radius 2 is 1.52 bits per heavy atom. The molecule has 1 N–H and O–H groups in total. The van der Waals surface area contributed by atoms with Gasteiger partial charge in [-0.3, -0.25) is 4.79 Å². The Morgan fingerprint density at radius 1 is 0.897 bits per heavy atom. The quantitative estimate of drug-likeness (QED) is 0.637. The lowest BCUT2D eigenvalue weighted by molar-refractivity contribution is -0.116. The third kappa shape index (κ3) is 5.24. The van der Waals surface area contributed by atoms with E-state index < -0.39 is 34.1 Å². The number of halogens is 2. The fraction of sp³-hybridized carbons (Fsp3) is 0.0952. The number of sulfonamides is 1. The summed E-state index contributed by atoms with van der Waals surface area (Å²) in [5, 5.41) is 2.29. The zero-order valence-electron chi connectivity index (χ0n) is 15.3. The summed E-state index contributed by atoms with van der Waals surface area (Å²) in [6.45, 7) is -0.583. The van der Waals surface area contributed by atoms with Crippen LogP contribution in [0, 0.1) is 11.6 Å². The molecule has 0 aliphatic carbocycles. The molecule has 3 rings (SSSR count). The molecular formula is C21H18F2N2O3S. The van der Waals surface area contributed by atoms with Gasteiger partial charge in [0.05, 0.1) is 17.1 Å². The van der Waals surface area contributed by atoms with Crippen LogP contribution in [-0.2, 0) is 21.4 Å². The molecule has 150 valence electrons. The second-order valence-corrected chi connectivity index (χ2v) is 8.18. The first-order valence-electron chi connectivity index (χ1n) is 8.70. The number of carbonyl (C=O) groups is 1. The van der Waals surface area contributed by atoms with E-state index in [2.05, 4.69) is 5.32 Å². The Labute approximate surface area is 167 Å². The molecule has 0 saturated carbocycles. The van der Waals surface area contributed by atoms with E-state index in [9.17, 15) is 22.0 Å². The van der Waals surface area contributed by atoms with Gasteiger partial charge < -0.3 is 5.32 Å². The third-order valence-corrected chi connectivity index (χ3v) is 5.91. The summed E-state index contributed by atoms with van der Waals surface area (Å²) in [6, 6.07) is 19.2. The Morgan fingerprint density at radius 3 is 2.14 bits per heavy atom. The smallest absolute Gasteiger partial charge is 0.243 e. The van der Waals surface area contributed by atoms with Gasteiger partial charge in [-0.1, -0.05) is 48.5 Å². The van der Waals surface area contributed by atoms with E-state index in [1.807, 2.05) is 0 Å². The van der Waals surface area contributed by atoms with Crippen molar-refractivity contribution in [3.05, 3.63) is 96.1 Å². The van der Waals surface area contributed by atoms with Crippen molar-refractivity contribution in [2.45, 2.75) is 11.4 Å². The van der Waals surface area contributed by atoms with Crippen molar-refractivity contribution in [1.82, 2.24) is 4.31 Å². The van der Waals surface area contributed by atoms with Crippen molar-refractivity contribution in [3.8, 4) is 0 Å². The van der Waals surface area contributed by atoms with E-state index in [0.717, 1.165) is 16.4 Å². The fourth-order valence-corrected chi connectivity index (χ4v) is 4.10. The summed E-state index contributed by atoms with van der Waals surface area (Å²) in [5.74, 6) is -2.47. The lowest BCUT2D eigenvalue weighted by Crippen LogP contribution is -2.37. The molecule has 3 aromatic carbocycles. The molecule has 0 saturated heterocycles. The van der Waals surface area contributed by atoms with Crippen LogP contribution in [0.2, 0.25) is 0 Å². The van der Waals surface area contributed by atoms with Gasteiger partial charge in [-0.2, -0.15) is 4.31 Å². The highest BCUT2D eigenvalue weighted by molar-refractivity contribution is 7.89. The molecule has 0 spiro atoms. The summed E-state index contributed by atoms with van der Waals surface area (Å²) < 4.78 is 54.0. The van der Waals surface area contributed by atoms with Crippen LogP contribution in [0.15, 0.2) is 83.8 Å². The number of amides is 1. The molecule has 1 amide bonds. The normalized spacial score (nSPS) is 11.4. The minimum Gasteiger partial charge on any atom is -0.322 e. The first-order valence-corrected chi connectivity index (χ1v) is 10.1. The highest BCUT2D eigenvalue weighted by atomic mass is 32.2. The van der Waals surface area contributed by atoms with Crippen LogP contribution in [0.3, 0.4) is 0 Å². The fourth-order valence-electron chi connectivity index (χ4n) is 2.70. The van der Waals surface area contributed by atoms with Crippen LogP contribution in [-0.4, -0.2) is 25.2 Å².